The molecule has 4 rings (SSSR count). The van der Waals surface area contributed by atoms with E-state index in [-0.39, 0.29) is 12.1 Å². The highest BCUT2D eigenvalue weighted by Gasteiger charge is 2.14. The molecule has 0 aliphatic carbocycles. The summed E-state index contributed by atoms with van der Waals surface area (Å²) in [6.07, 6.45) is 0. The van der Waals surface area contributed by atoms with Crippen LogP contribution in [0, 0.1) is 6.92 Å². The van der Waals surface area contributed by atoms with E-state index in [1.165, 1.54) is 16.7 Å². The first kappa shape index (κ1) is 15.9. The summed E-state index contributed by atoms with van der Waals surface area (Å²) < 4.78 is 1.41. The Labute approximate surface area is 146 Å². The summed E-state index contributed by atoms with van der Waals surface area (Å²) in [7, 11) is 0. The molecule has 0 saturated heterocycles. The van der Waals surface area contributed by atoms with Gasteiger partial charge in [-0.3, -0.25) is 14.3 Å². The van der Waals surface area contributed by atoms with E-state index in [0.29, 0.717) is 16.6 Å². The van der Waals surface area contributed by atoms with Gasteiger partial charge in [0.15, 0.2) is 0 Å². The molecule has 3 N–H and O–H groups in total. The van der Waals surface area contributed by atoms with Crippen molar-refractivity contribution in [1.82, 2.24) is 14.5 Å². The highest BCUT2D eigenvalue weighted by Crippen LogP contribution is 2.23. The molecule has 7 nitrogen and oxygen atoms in total. The first-order valence-electron chi connectivity index (χ1n) is 8.01. The number of aryl methyl sites for hydroxylation is 1. The van der Waals surface area contributed by atoms with Crippen molar-refractivity contribution in [1.29, 1.82) is 0 Å². The fourth-order valence-corrected chi connectivity index (χ4v) is 3.19. The quantitative estimate of drug-likeness (QED) is 0.527. The third-order valence-electron chi connectivity index (χ3n) is 4.41. The van der Waals surface area contributed by atoms with Crippen LogP contribution in [0.1, 0.15) is 21.5 Å². The second-order valence-corrected chi connectivity index (χ2v) is 6.25. The molecule has 130 valence electrons. The number of rotatable bonds is 3. The van der Waals surface area contributed by atoms with Crippen LogP contribution in [0.5, 0.6) is 0 Å². The van der Waals surface area contributed by atoms with Crippen molar-refractivity contribution in [3.63, 3.8) is 0 Å². The van der Waals surface area contributed by atoms with Gasteiger partial charge in [0, 0.05) is 10.9 Å². The van der Waals surface area contributed by atoms with E-state index in [4.69, 9.17) is 5.11 Å². The lowest BCUT2D eigenvalue weighted by Crippen LogP contribution is -2.30. The van der Waals surface area contributed by atoms with Gasteiger partial charge in [-0.15, -0.1) is 0 Å². The molecule has 2 heterocycles. The zero-order valence-corrected chi connectivity index (χ0v) is 13.9. The number of nitrogens with one attached hydrogen (secondary N) is 2. The second-order valence-electron chi connectivity index (χ2n) is 6.25. The molecule has 0 amide bonds. The molecule has 4 aromatic rings. The number of H-pyrrole nitrogens is 2. The average Bonchev–Trinajstić information content (AvgIpc) is 2.97. The lowest BCUT2D eigenvalue weighted by Gasteiger charge is -2.07. The Morgan fingerprint density at radius 2 is 1.92 bits per heavy atom. The number of nitrogens with zero attached hydrogens (tertiary/aromatic N) is 1. The van der Waals surface area contributed by atoms with Gasteiger partial charge in [0.25, 0.3) is 5.56 Å². The first-order valence-corrected chi connectivity index (χ1v) is 8.01. The van der Waals surface area contributed by atoms with E-state index >= 15 is 0 Å². The summed E-state index contributed by atoms with van der Waals surface area (Å²) in [6.45, 7) is 2.08. The standard InChI is InChI=1S/C19H15N3O4/c1-10-5-6-13-14(7-10)20-16-15(13)17(23)21-19(26)22(16)9-11-3-2-4-12(8-11)18(24)25/h2-8,20H,9H2,1H3,(H,24,25)(H,21,23,26). The van der Waals surface area contributed by atoms with Gasteiger partial charge in [-0.2, -0.15) is 0 Å². The molecule has 0 bridgehead atoms. The van der Waals surface area contributed by atoms with Crippen LogP contribution < -0.4 is 11.2 Å². The minimum absolute atomic E-state index is 0.138. The Balaban J connectivity index is 1.96. The normalized spacial score (nSPS) is 11.3. The molecular weight excluding hydrogens is 334 g/mol. The topological polar surface area (TPSA) is 108 Å². The lowest BCUT2D eigenvalue weighted by molar-refractivity contribution is 0.0696. The third-order valence-corrected chi connectivity index (χ3v) is 4.41. The van der Waals surface area contributed by atoms with Gasteiger partial charge in [0.2, 0.25) is 0 Å². The van der Waals surface area contributed by atoms with Gasteiger partial charge in [0.05, 0.1) is 17.5 Å². The van der Waals surface area contributed by atoms with Gasteiger partial charge >= 0.3 is 11.7 Å². The monoisotopic (exact) mass is 349 g/mol. The maximum atomic E-state index is 12.4. The highest BCUT2D eigenvalue weighted by molar-refractivity contribution is 6.05. The zero-order valence-electron chi connectivity index (χ0n) is 13.9. The fraction of sp³-hybridized carbons (Fsp3) is 0.105. The lowest BCUT2D eigenvalue weighted by atomic mass is 10.1. The number of carboxylic acids is 1. The SMILES string of the molecule is Cc1ccc2c(c1)[nH]c1c2c(=O)[nH]c(=O)n1Cc1cccc(C(=O)O)c1. The average molecular weight is 349 g/mol. The molecule has 0 aliphatic heterocycles. The highest BCUT2D eigenvalue weighted by atomic mass is 16.4. The Hall–Kier alpha value is -3.61. The van der Waals surface area contributed by atoms with E-state index in [9.17, 15) is 14.4 Å². The number of aromatic carboxylic acids is 1. The van der Waals surface area contributed by atoms with Crippen molar-refractivity contribution >= 4 is 27.9 Å². The van der Waals surface area contributed by atoms with Gasteiger partial charge in [-0.1, -0.05) is 24.3 Å². The van der Waals surface area contributed by atoms with Crippen LogP contribution in [0.3, 0.4) is 0 Å². The van der Waals surface area contributed by atoms with Crippen LogP contribution in [-0.2, 0) is 6.54 Å². The number of fused-ring (bicyclic) bond motifs is 3. The Bertz CT molecular complexity index is 1290. The molecule has 0 atom stereocenters. The van der Waals surface area contributed by atoms with Crippen molar-refractivity contribution in [2.75, 3.05) is 0 Å². The molecule has 26 heavy (non-hydrogen) atoms. The zero-order chi connectivity index (χ0) is 18.4. The van der Waals surface area contributed by atoms with Crippen LogP contribution >= 0.6 is 0 Å². The Morgan fingerprint density at radius 3 is 2.69 bits per heavy atom. The summed E-state index contributed by atoms with van der Waals surface area (Å²) in [5, 5.41) is 10.3. The summed E-state index contributed by atoms with van der Waals surface area (Å²) >= 11 is 0. The maximum Gasteiger partial charge on any atom is 0.335 e. The van der Waals surface area contributed by atoms with Gasteiger partial charge < -0.3 is 10.1 Å². The van der Waals surface area contributed by atoms with Gasteiger partial charge in [0.1, 0.15) is 5.65 Å². The summed E-state index contributed by atoms with van der Waals surface area (Å²) in [5.74, 6) is -1.04. The number of carbonyl (C=O) groups is 1. The fourth-order valence-electron chi connectivity index (χ4n) is 3.19. The smallest absolute Gasteiger partial charge is 0.335 e. The molecular formula is C19H15N3O4. The predicted octanol–water partition coefficient (Wildman–Crippen LogP) is 2.23. The maximum absolute atomic E-state index is 12.4. The van der Waals surface area contributed by atoms with Crippen molar-refractivity contribution in [3.8, 4) is 0 Å². The van der Waals surface area contributed by atoms with Crippen molar-refractivity contribution in [2.24, 2.45) is 0 Å². The van der Waals surface area contributed by atoms with Crippen LogP contribution in [0.25, 0.3) is 21.9 Å². The molecule has 0 spiro atoms. The second kappa shape index (κ2) is 5.73. The van der Waals surface area contributed by atoms with Crippen LogP contribution in [0.4, 0.5) is 0 Å². The molecule has 0 radical (unpaired) electrons. The Kier molecular flexibility index (Phi) is 3.50. The number of benzene rings is 2. The van der Waals surface area contributed by atoms with Crippen molar-refractivity contribution in [2.45, 2.75) is 13.5 Å². The molecule has 0 fully saturated rings. The largest absolute Gasteiger partial charge is 0.478 e. The molecule has 7 heteroatoms. The number of hydrogen-bond donors (Lipinski definition) is 3. The van der Waals surface area contributed by atoms with E-state index in [0.717, 1.165) is 16.5 Å². The predicted molar refractivity (Wildman–Crippen MR) is 97.9 cm³/mol. The summed E-state index contributed by atoms with van der Waals surface area (Å²) in [5.41, 5.74) is 2.01. The van der Waals surface area contributed by atoms with Crippen molar-refractivity contribution < 1.29 is 9.90 Å². The molecule has 0 unspecified atom stereocenters. The van der Waals surface area contributed by atoms with Gasteiger partial charge in [-0.25, -0.2) is 9.59 Å². The molecule has 0 aliphatic rings. The summed E-state index contributed by atoms with van der Waals surface area (Å²) in [6, 6.07) is 12.0. The van der Waals surface area contributed by atoms with E-state index < -0.39 is 17.2 Å². The van der Waals surface area contributed by atoms with E-state index in [1.54, 1.807) is 12.1 Å². The minimum Gasteiger partial charge on any atom is -0.478 e. The van der Waals surface area contributed by atoms with Crippen LogP contribution in [0.15, 0.2) is 52.1 Å². The molecule has 2 aromatic heterocycles. The number of carboxylic acid groups (broad SMARTS) is 1. The molecule has 2 aromatic carbocycles. The first-order chi connectivity index (χ1) is 12.4. The third kappa shape index (κ3) is 2.50. The minimum atomic E-state index is -1.04. The summed E-state index contributed by atoms with van der Waals surface area (Å²) in [4.78, 5) is 41.4. The Morgan fingerprint density at radius 1 is 1.12 bits per heavy atom. The number of aromatic nitrogens is 3. The van der Waals surface area contributed by atoms with Crippen LogP contribution in [-0.4, -0.2) is 25.6 Å². The van der Waals surface area contributed by atoms with Crippen molar-refractivity contribution in [3.05, 3.63) is 80.0 Å². The molecule has 0 saturated carbocycles. The van der Waals surface area contributed by atoms with Crippen LogP contribution in [0.2, 0.25) is 0 Å². The van der Waals surface area contributed by atoms with E-state index in [2.05, 4.69) is 9.97 Å². The number of hydrogen-bond acceptors (Lipinski definition) is 3. The van der Waals surface area contributed by atoms with E-state index in [1.807, 2.05) is 25.1 Å². The number of aromatic amines is 2. The van der Waals surface area contributed by atoms with Gasteiger partial charge in [-0.05, 0) is 36.2 Å².